The van der Waals surface area contributed by atoms with Gasteiger partial charge in [-0.05, 0) is 49.4 Å². The normalized spacial score (nSPS) is 14.6. The van der Waals surface area contributed by atoms with E-state index in [9.17, 15) is 43.2 Å². The third kappa shape index (κ3) is 63.5. The zero-order valence-electron chi connectivity index (χ0n) is 58.8. The lowest BCUT2D eigenvalue weighted by atomic mass is 9.99. The third-order valence-electron chi connectivity index (χ3n) is 16.7. The van der Waals surface area contributed by atoms with E-state index >= 15 is 0 Å². The summed E-state index contributed by atoms with van der Waals surface area (Å²) in [4.78, 5) is 72.5. The minimum Gasteiger partial charge on any atom is -0.462 e. The van der Waals surface area contributed by atoms with Crippen LogP contribution in [0.15, 0.2) is 0 Å². The van der Waals surface area contributed by atoms with Crippen LogP contribution in [-0.4, -0.2) is 96.7 Å². The molecule has 17 nitrogen and oxygen atoms in total. The molecule has 0 aliphatic heterocycles. The van der Waals surface area contributed by atoms with Crippen molar-refractivity contribution in [1.29, 1.82) is 0 Å². The van der Waals surface area contributed by atoms with E-state index in [1.165, 1.54) is 154 Å². The standard InChI is InChI=1S/C71H138O17P2/c1-9-64(8)50-42-34-25-18-14-12-10-11-13-15-19-26-35-43-51-68(73)81-57-66(87-70(75)53-45-37-28-20-16-17-23-31-39-47-61(2)3)59-85-89(77,78)83-55-65(72)56-84-90(79,80)86-60-67(88-71(76)54-46-38-30-29-33-41-49-63(6)7)58-82-69(74)52-44-36-27-22-21-24-32-40-48-62(4)5/h61-67,72H,9-60H2,1-8H3,(H,77,78)(H,79,80)/t64?,65?,66-,67-/m1/s1. The van der Waals surface area contributed by atoms with Crippen molar-refractivity contribution in [3.63, 3.8) is 0 Å². The van der Waals surface area contributed by atoms with Crippen LogP contribution in [0.1, 0.15) is 351 Å². The van der Waals surface area contributed by atoms with E-state index in [0.717, 1.165) is 108 Å². The number of carbonyl (C=O) groups excluding carboxylic acids is 4. The van der Waals surface area contributed by atoms with Gasteiger partial charge < -0.3 is 33.8 Å². The highest BCUT2D eigenvalue weighted by molar-refractivity contribution is 7.47. The Bertz CT molecular complexity index is 1780. The fourth-order valence-electron chi connectivity index (χ4n) is 10.6. The first kappa shape index (κ1) is 88.1. The number of aliphatic hydroxyl groups is 1. The van der Waals surface area contributed by atoms with Crippen LogP contribution in [0.3, 0.4) is 0 Å². The van der Waals surface area contributed by atoms with Crippen LogP contribution in [0.4, 0.5) is 0 Å². The zero-order chi connectivity index (χ0) is 66.8. The van der Waals surface area contributed by atoms with Crippen molar-refractivity contribution >= 4 is 39.5 Å². The summed E-state index contributed by atoms with van der Waals surface area (Å²) in [6, 6.07) is 0. The molecule has 0 aromatic heterocycles. The maximum Gasteiger partial charge on any atom is 0.472 e. The molecule has 0 aromatic rings. The fourth-order valence-corrected chi connectivity index (χ4v) is 12.2. The number of unbranched alkanes of at least 4 members (excludes halogenated alkanes) is 33. The molecule has 19 heteroatoms. The molecule has 0 spiro atoms. The number of ether oxygens (including phenoxy) is 4. The summed E-state index contributed by atoms with van der Waals surface area (Å²) in [6.07, 6.45) is 43.3. The molecule has 0 aromatic carbocycles. The van der Waals surface area contributed by atoms with Gasteiger partial charge in [0.15, 0.2) is 12.2 Å². The maximum atomic E-state index is 13.0. The van der Waals surface area contributed by atoms with E-state index in [1.807, 2.05) is 0 Å². The molecule has 3 N–H and O–H groups in total. The molecular weight excluding hydrogens is 1190 g/mol. The molecule has 90 heavy (non-hydrogen) atoms. The molecule has 0 heterocycles. The van der Waals surface area contributed by atoms with Gasteiger partial charge in [-0.15, -0.1) is 0 Å². The molecule has 534 valence electrons. The van der Waals surface area contributed by atoms with Crippen LogP contribution in [0.25, 0.3) is 0 Å². The van der Waals surface area contributed by atoms with Gasteiger partial charge in [-0.3, -0.25) is 37.3 Å². The topological polar surface area (TPSA) is 237 Å². The summed E-state index contributed by atoms with van der Waals surface area (Å²) in [7, 11) is -9.90. The first-order valence-electron chi connectivity index (χ1n) is 36.7. The molecule has 0 bridgehead atoms. The first-order chi connectivity index (χ1) is 43.1. The van der Waals surface area contributed by atoms with Gasteiger partial charge in [0.2, 0.25) is 0 Å². The molecule has 6 atom stereocenters. The van der Waals surface area contributed by atoms with Crippen molar-refractivity contribution < 1.29 is 80.2 Å². The van der Waals surface area contributed by atoms with E-state index in [1.54, 1.807) is 0 Å². The SMILES string of the molecule is CCC(C)CCCCCCCCCCCCCCCCC(=O)OC[C@H](COP(=O)(O)OCC(O)COP(=O)(O)OC[C@@H](COC(=O)CCCCCCCCCCC(C)C)OC(=O)CCCCCCCCC(C)C)OC(=O)CCCCCCCCCCCC(C)C. The Morgan fingerprint density at radius 3 is 0.789 bits per heavy atom. The van der Waals surface area contributed by atoms with Crippen LogP contribution in [-0.2, 0) is 65.4 Å². The third-order valence-corrected chi connectivity index (χ3v) is 18.6. The number of hydrogen-bond acceptors (Lipinski definition) is 15. The van der Waals surface area contributed by atoms with E-state index in [4.69, 9.17) is 37.0 Å². The maximum absolute atomic E-state index is 13.0. The molecule has 0 saturated carbocycles. The van der Waals surface area contributed by atoms with Crippen molar-refractivity contribution in [3.8, 4) is 0 Å². The van der Waals surface area contributed by atoms with Crippen molar-refractivity contribution in [2.24, 2.45) is 23.7 Å². The Labute approximate surface area is 549 Å². The summed E-state index contributed by atoms with van der Waals surface area (Å²) < 4.78 is 68.2. The zero-order valence-corrected chi connectivity index (χ0v) is 60.6. The van der Waals surface area contributed by atoms with Crippen LogP contribution in [0, 0.1) is 23.7 Å². The minimum atomic E-state index is -4.95. The van der Waals surface area contributed by atoms with Gasteiger partial charge in [0.1, 0.15) is 19.3 Å². The highest BCUT2D eigenvalue weighted by atomic mass is 31.2. The molecule has 0 fully saturated rings. The lowest BCUT2D eigenvalue weighted by Crippen LogP contribution is -2.30. The predicted molar refractivity (Wildman–Crippen MR) is 363 cm³/mol. The highest BCUT2D eigenvalue weighted by Gasteiger charge is 2.30. The van der Waals surface area contributed by atoms with Gasteiger partial charge in [0.05, 0.1) is 26.4 Å². The fraction of sp³-hybridized carbons (Fsp3) is 0.944. The number of esters is 4. The molecule has 4 unspecified atom stereocenters. The smallest absolute Gasteiger partial charge is 0.462 e. The number of rotatable bonds is 68. The Morgan fingerprint density at radius 1 is 0.311 bits per heavy atom. The predicted octanol–water partition coefficient (Wildman–Crippen LogP) is 20.1. The number of carbonyl (C=O) groups is 4. The molecule has 0 saturated heterocycles. The number of aliphatic hydroxyl groups excluding tert-OH is 1. The number of phosphoric acid groups is 2. The average molecular weight is 1330 g/mol. The molecule has 0 amide bonds. The van der Waals surface area contributed by atoms with E-state index in [-0.39, 0.29) is 25.7 Å². The lowest BCUT2D eigenvalue weighted by molar-refractivity contribution is -0.161. The van der Waals surface area contributed by atoms with Crippen molar-refractivity contribution in [1.82, 2.24) is 0 Å². The number of hydrogen-bond donors (Lipinski definition) is 3. The first-order valence-corrected chi connectivity index (χ1v) is 39.7. The van der Waals surface area contributed by atoms with Gasteiger partial charge in [0, 0.05) is 25.7 Å². The highest BCUT2D eigenvalue weighted by Crippen LogP contribution is 2.45. The largest absolute Gasteiger partial charge is 0.472 e. The van der Waals surface area contributed by atoms with Gasteiger partial charge in [-0.2, -0.15) is 0 Å². The second-order valence-electron chi connectivity index (χ2n) is 27.3. The van der Waals surface area contributed by atoms with E-state index in [0.29, 0.717) is 31.6 Å². The summed E-state index contributed by atoms with van der Waals surface area (Å²) in [6.45, 7) is 14.1. The van der Waals surface area contributed by atoms with Crippen LogP contribution >= 0.6 is 15.6 Å². The Morgan fingerprint density at radius 2 is 0.533 bits per heavy atom. The quantitative estimate of drug-likeness (QED) is 0.0222. The average Bonchev–Trinajstić information content (AvgIpc) is 3.24. The van der Waals surface area contributed by atoms with Crippen LogP contribution < -0.4 is 0 Å². The molecule has 0 rings (SSSR count). The van der Waals surface area contributed by atoms with Gasteiger partial charge in [0.25, 0.3) is 0 Å². The van der Waals surface area contributed by atoms with Gasteiger partial charge >= 0.3 is 39.5 Å². The van der Waals surface area contributed by atoms with Crippen molar-refractivity contribution in [2.75, 3.05) is 39.6 Å². The molecule has 0 radical (unpaired) electrons. The van der Waals surface area contributed by atoms with E-state index in [2.05, 4.69) is 55.4 Å². The molecule has 0 aliphatic rings. The van der Waals surface area contributed by atoms with Crippen LogP contribution in [0.5, 0.6) is 0 Å². The van der Waals surface area contributed by atoms with Gasteiger partial charge in [-0.1, -0.05) is 299 Å². The molecular formula is C71H138O17P2. The Hall–Kier alpha value is -1.94. The monoisotopic (exact) mass is 1320 g/mol. The second-order valence-corrected chi connectivity index (χ2v) is 30.2. The van der Waals surface area contributed by atoms with Crippen molar-refractivity contribution in [2.45, 2.75) is 369 Å². The summed E-state index contributed by atoms with van der Waals surface area (Å²) in [5.41, 5.74) is 0. The number of phosphoric ester groups is 2. The molecule has 0 aliphatic carbocycles. The van der Waals surface area contributed by atoms with E-state index < -0.39 is 97.5 Å². The lowest BCUT2D eigenvalue weighted by Gasteiger charge is -2.21. The minimum absolute atomic E-state index is 0.101. The second kappa shape index (κ2) is 60.7. The summed E-state index contributed by atoms with van der Waals surface area (Å²) >= 11 is 0. The summed E-state index contributed by atoms with van der Waals surface area (Å²) in [5.74, 6) is 0.849. The van der Waals surface area contributed by atoms with Gasteiger partial charge in [-0.25, -0.2) is 9.13 Å². The van der Waals surface area contributed by atoms with Crippen LogP contribution in [0.2, 0.25) is 0 Å². The van der Waals surface area contributed by atoms with Crippen molar-refractivity contribution in [3.05, 3.63) is 0 Å². The Balaban J connectivity index is 5.20. The summed E-state index contributed by atoms with van der Waals surface area (Å²) in [5, 5.41) is 10.6. The Kier molecular flexibility index (Phi) is 59.4.